The Morgan fingerprint density at radius 1 is 0.976 bits per heavy atom. The van der Waals surface area contributed by atoms with E-state index in [1.54, 1.807) is 4.68 Å². The lowest BCUT2D eigenvalue weighted by atomic mass is 9.76. The number of aromatic nitrogens is 2. The van der Waals surface area contributed by atoms with Gasteiger partial charge >= 0.3 is 6.03 Å². The Bertz CT molecular complexity index is 1570. The van der Waals surface area contributed by atoms with E-state index in [-0.39, 0.29) is 29.1 Å². The van der Waals surface area contributed by atoms with Gasteiger partial charge in [-0.1, -0.05) is 50.6 Å². The molecule has 0 radical (unpaired) electrons. The molecule has 0 aliphatic carbocycles. The lowest BCUT2D eigenvalue weighted by Crippen LogP contribution is -2.33. The summed E-state index contributed by atoms with van der Waals surface area (Å²) in [5.74, 6) is 1.87. The van der Waals surface area contributed by atoms with E-state index in [1.165, 1.54) is 0 Å². The number of nitrogens with one attached hydrogen (secondary N) is 3. The Labute approximate surface area is 247 Å². The van der Waals surface area contributed by atoms with Crippen LogP contribution in [0.25, 0.3) is 5.69 Å². The Morgan fingerprint density at radius 3 is 2.33 bits per heavy atom. The number of benzene rings is 2. The monoisotopic (exact) mass is 567 g/mol. The Balaban J connectivity index is 1.41. The van der Waals surface area contributed by atoms with Crippen LogP contribution in [0.1, 0.15) is 78.2 Å². The second-order valence-electron chi connectivity index (χ2n) is 12.4. The molecule has 8 heteroatoms. The van der Waals surface area contributed by atoms with Gasteiger partial charge in [0, 0.05) is 17.2 Å². The van der Waals surface area contributed by atoms with Gasteiger partial charge < -0.3 is 15.1 Å². The van der Waals surface area contributed by atoms with Gasteiger partial charge in [-0.25, -0.2) is 9.48 Å². The summed E-state index contributed by atoms with van der Waals surface area (Å²) >= 11 is 0. The largest absolute Gasteiger partial charge is 0.466 e. The van der Waals surface area contributed by atoms with Gasteiger partial charge in [0.25, 0.3) is 0 Å². The average molecular weight is 568 g/mol. The number of hydrogen-bond donors (Lipinski definition) is 3. The fourth-order valence-electron chi connectivity index (χ4n) is 5.67. The predicted molar refractivity (Wildman–Crippen MR) is 167 cm³/mol. The molecule has 2 aromatic carbocycles. The number of piperidine rings is 1. The fraction of sp³-hybridized carbons (Fsp3) is 0.382. The second-order valence-corrected chi connectivity index (χ2v) is 12.4. The van der Waals surface area contributed by atoms with Gasteiger partial charge in [-0.2, -0.15) is 5.10 Å². The topological polar surface area (TPSA) is 101 Å². The summed E-state index contributed by atoms with van der Waals surface area (Å²) in [7, 11) is 0. The van der Waals surface area contributed by atoms with Gasteiger partial charge in [-0.15, -0.1) is 0 Å². The predicted octanol–water partition coefficient (Wildman–Crippen LogP) is 7.30. The number of Topliss-reactive ketones (excluding diaryl/α,β-unsaturated/α-hetero) is 1. The summed E-state index contributed by atoms with van der Waals surface area (Å²) in [6.45, 7) is 13.8. The van der Waals surface area contributed by atoms with Gasteiger partial charge in [0.1, 0.15) is 17.3 Å². The minimum Gasteiger partial charge on any atom is -0.466 e. The van der Waals surface area contributed by atoms with Crippen LogP contribution in [0.5, 0.6) is 0 Å². The van der Waals surface area contributed by atoms with E-state index in [2.05, 4.69) is 36.7 Å². The molecule has 1 atom stereocenters. The van der Waals surface area contributed by atoms with Gasteiger partial charge in [0.05, 0.1) is 22.9 Å². The first-order chi connectivity index (χ1) is 20.0. The van der Waals surface area contributed by atoms with E-state index >= 15 is 0 Å². The van der Waals surface area contributed by atoms with Crippen LogP contribution in [0.4, 0.5) is 16.3 Å². The third-order valence-corrected chi connectivity index (χ3v) is 7.95. The molecular weight excluding hydrogens is 526 g/mol. The Morgan fingerprint density at radius 2 is 1.69 bits per heavy atom. The molecule has 0 bridgehead atoms. The molecule has 1 saturated heterocycles. The SMILES string of the molecule is Cc1ccc(-n2nc(C(C)(C)C)cc2NC(=O)Nc2cccc(C(C(=O)c3cc(C)oc3C)C3CCNCC3)c2)cc1. The van der Waals surface area contributed by atoms with E-state index in [0.717, 1.165) is 54.2 Å². The number of amides is 2. The summed E-state index contributed by atoms with van der Waals surface area (Å²) in [4.78, 5) is 27.3. The van der Waals surface area contributed by atoms with Gasteiger partial charge in [-0.05, 0) is 88.5 Å². The van der Waals surface area contributed by atoms with Crippen molar-refractivity contribution < 1.29 is 14.0 Å². The summed E-state index contributed by atoms with van der Waals surface area (Å²) < 4.78 is 7.47. The molecule has 3 heterocycles. The van der Waals surface area contributed by atoms with Crippen molar-refractivity contribution in [1.29, 1.82) is 0 Å². The highest BCUT2D eigenvalue weighted by Gasteiger charge is 2.33. The summed E-state index contributed by atoms with van der Waals surface area (Å²) in [5, 5.41) is 14.2. The second kappa shape index (κ2) is 12.0. The maximum atomic E-state index is 13.9. The van der Waals surface area contributed by atoms with Crippen LogP contribution in [-0.4, -0.2) is 34.7 Å². The highest BCUT2D eigenvalue weighted by atomic mass is 16.3. The normalized spacial score (nSPS) is 14.9. The van der Waals surface area contributed by atoms with Crippen LogP contribution in [0.3, 0.4) is 0 Å². The smallest absolute Gasteiger partial charge is 0.324 e. The van der Waals surface area contributed by atoms with Crippen LogP contribution in [0.2, 0.25) is 0 Å². The maximum absolute atomic E-state index is 13.9. The number of nitrogens with zero attached hydrogens (tertiary/aromatic N) is 2. The molecule has 4 aromatic rings. The van der Waals surface area contributed by atoms with Crippen molar-refractivity contribution in [2.24, 2.45) is 5.92 Å². The number of carbonyl (C=O) groups excluding carboxylic acids is 2. The molecule has 1 fully saturated rings. The number of carbonyl (C=O) groups is 2. The van der Waals surface area contributed by atoms with Gasteiger partial charge in [-0.3, -0.25) is 10.1 Å². The van der Waals surface area contributed by atoms with Gasteiger partial charge in [0.15, 0.2) is 5.78 Å². The summed E-state index contributed by atoms with van der Waals surface area (Å²) in [6, 6.07) is 19.0. The number of urea groups is 1. The quantitative estimate of drug-likeness (QED) is 0.204. The van der Waals surface area contributed by atoms with Crippen LogP contribution in [0, 0.1) is 26.7 Å². The zero-order valence-corrected chi connectivity index (χ0v) is 25.4. The van der Waals surface area contributed by atoms with Crippen LogP contribution >= 0.6 is 0 Å². The minimum atomic E-state index is -0.382. The van der Waals surface area contributed by atoms with E-state index in [9.17, 15) is 9.59 Å². The lowest BCUT2D eigenvalue weighted by molar-refractivity contribution is 0.0914. The van der Waals surface area contributed by atoms with Crippen molar-refractivity contribution in [3.05, 3.63) is 94.6 Å². The number of aryl methyl sites for hydroxylation is 3. The standard InChI is InChI=1S/C34H41N5O3/c1-21-10-12-27(13-11-21)39-30(20-29(38-39)34(4,5)6)37-33(41)36-26-9-7-8-25(19-26)31(24-14-16-35-17-15-24)32(40)28-18-22(2)42-23(28)3/h7-13,18-20,24,31,35H,14-17H2,1-6H3,(H2,36,37,41). The Kier molecular flexibility index (Phi) is 8.36. The molecule has 1 aliphatic rings. The van der Waals surface area contributed by atoms with Crippen molar-refractivity contribution in [1.82, 2.24) is 15.1 Å². The molecule has 8 nitrogen and oxygen atoms in total. The third kappa shape index (κ3) is 6.49. The molecule has 220 valence electrons. The zero-order valence-electron chi connectivity index (χ0n) is 25.4. The molecule has 2 amide bonds. The first-order valence-corrected chi connectivity index (χ1v) is 14.7. The van der Waals surface area contributed by atoms with Crippen molar-refractivity contribution in [3.63, 3.8) is 0 Å². The Hall–Kier alpha value is -4.17. The highest BCUT2D eigenvalue weighted by Crippen LogP contribution is 2.36. The molecule has 42 heavy (non-hydrogen) atoms. The molecule has 5 rings (SSSR count). The van der Waals surface area contributed by atoms with Crippen molar-refractivity contribution in [2.75, 3.05) is 23.7 Å². The lowest BCUT2D eigenvalue weighted by Gasteiger charge is -2.30. The summed E-state index contributed by atoms with van der Waals surface area (Å²) in [6.07, 6.45) is 1.81. The highest BCUT2D eigenvalue weighted by molar-refractivity contribution is 6.03. The number of hydrogen-bond acceptors (Lipinski definition) is 5. The maximum Gasteiger partial charge on any atom is 0.324 e. The van der Waals surface area contributed by atoms with E-state index in [4.69, 9.17) is 9.52 Å². The first kappa shape index (κ1) is 29.3. The van der Waals surface area contributed by atoms with Crippen molar-refractivity contribution >= 4 is 23.3 Å². The van der Waals surface area contributed by atoms with Gasteiger partial charge in [0.2, 0.25) is 0 Å². The van der Waals surface area contributed by atoms with Crippen molar-refractivity contribution in [3.8, 4) is 5.69 Å². The number of anilines is 2. The molecule has 2 aromatic heterocycles. The molecule has 1 aliphatic heterocycles. The molecule has 1 unspecified atom stereocenters. The number of ketones is 1. The van der Waals surface area contributed by atoms with Crippen LogP contribution in [0.15, 0.2) is 65.1 Å². The molecular formula is C34H41N5O3. The molecule has 3 N–H and O–H groups in total. The van der Waals surface area contributed by atoms with E-state index in [1.807, 2.05) is 81.4 Å². The average Bonchev–Trinajstić information content (AvgIpc) is 3.52. The minimum absolute atomic E-state index is 0.0644. The first-order valence-electron chi connectivity index (χ1n) is 14.7. The molecule has 0 spiro atoms. The number of furan rings is 1. The third-order valence-electron chi connectivity index (χ3n) is 7.95. The van der Waals surface area contributed by atoms with Crippen LogP contribution < -0.4 is 16.0 Å². The zero-order chi connectivity index (χ0) is 30.0. The van der Waals surface area contributed by atoms with E-state index < -0.39 is 0 Å². The van der Waals surface area contributed by atoms with Crippen LogP contribution in [-0.2, 0) is 5.41 Å². The molecule has 0 saturated carbocycles. The van der Waals surface area contributed by atoms with E-state index in [0.29, 0.717) is 22.8 Å². The number of rotatable bonds is 7. The summed E-state index contributed by atoms with van der Waals surface area (Å²) in [5.41, 5.74) is 4.82. The fourth-order valence-corrected chi connectivity index (χ4v) is 5.67. The van der Waals surface area contributed by atoms with Crippen molar-refractivity contribution in [2.45, 2.75) is 65.7 Å².